The molecule has 2 nitrogen and oxygen atoms in total. The van der Waals surface area contributed by atoms with Crippen LogP contribution in [0.1, 0.15) is 0 Å². The maximum Gasteiger partial charge on any atom is 0.161 e. The monoisotopic (exact) mass is 640 g/mol. The predicted molar refractivity (Wildman–Crippen MR) is 209 cm³/mol. The molecule has 0 aliphatic carbocycles. The average molecular weight is 641 g/mol. The van der Waals surface area contributed by atoms with Crippen LogP contribution in [0.25, 0.3) is 97.5 Å². The minimum atomic E-state index is 0.720. The van der Waals surface area contributed by atoms with Crippen molar-refractivity contribution in [3.63, 3.8) is 0 Å². The number of benzene rings is 8. The zero-order valence-corrected chi connectivity index (χ0v) is 27.3. The molecule has 0 unspecified atom stereocenters. The third-order valence-corrected chi connectivity index (χ3v) is 10.9. The summed E-state index contributed by atoms with van der Waals surface area (Å²) in [5.41, 5.74) is 7.30. The summed E-state index contributed by atoms with van der Waals surface area (Å²) >= 11 is 1.85. The van der Waals surface area contributed by atoms with E-state index in [0.29, 0.717) is 0 Å². The van der Waals surface area contributed by atoms with E-state index in [1.54, 1.807) is 0 Å². The maximum atomic E-state index is 5.29. The lowest BCUT2D eigenvalue weighted by Gasteiger charge is -2.16. The molecule has 0 radical (unpaired) electrons. The Morgan fingerprint density at radius 3 is 1.45 bits per heavy atom. The van der Waals surface area contributed by atoms with Crippen molar-refractivity contribution < 1.29 is 0 Å². The fraction of sp³-hybridized carbons (Fsp3) is 0. The summed E-state index contributed by atoms with van der Waals surface area (Å²) < 4.78 is 2.52. The van der Waals surface area contributed by atoms with Crippen molar-refractivity contribution in [2.45, 2.75) is 0 Å². The number of rotatable bonds is 4. The molecule has 0 saturated heterocycles. The summed E-state index contributed by atoms with van der Waals surface area (Å²) in [5, 5.41) is 10.1. The van der Waals surface area contributed by atoms with Gasteiger partial charge in [0.25, 0.3) is 0 Å². The van der Waals surface area contributed by atoms with E-state index in [0.717, 1.165) is 39.5 Å². The second-order valence-electron chi connectivity index (χ2n) is 12.5. The number of nitrogens with zero attached hydrogens (tertiary/aromatic N) is 2. The highest BCUT2D eigenvalue weighted by molar-refractivity contribution is 7.26. The van der Waals surface area contributed by atoms with Gasteiger partial charge in [0, 0.05) is 42.4 Å². The molecule has 3 heteroatoms. The summed E-state index contributed by atoms with van der Waals surface area (Å²) in [6, 6.07) is 60.7. The predicted octanol–water partition coefficient (Wildman–Crippen LogP) is 13.0. The van der Waals surface area contributed by atoms with Gasteiger partial charge in [0.1, 0.15) is 0 Å². The first-order valence-corrected chi connectivity index (χ1v) is 17.4. The van der Waals surface area contributed by atoms with Crippen LogP contribution in [0.3, 0.4) is 0 Å². The highest BCUT2D eigenvalue weighted by Crippen LogP contribution is 2.46. The molecule has 0 spiro atoms. The first-order chi connectivity index (χ1) is 24.3. The molecular formula is C46H28N2S. The fourth-order valence-electron chi connectivity index (χ4n) is 7.41. The molecule has 0 aliphatic rings. The van der Waals surface area contributed by atoms with Gasteiger partial charge in [0.05, 0.1) is 11.4 Å². The Hall–Kier alpha value is -6.16. The van der Waals surface area contributed by atoms with Gasteiger partial charge in [-0.2, -0.15) is 0 Å². The van der Waals surface area contributed by atoms with E-state index in [4.69, 9.17) is 9.97 Å². The molecule has 228 valence electrons. The minimum absolute atomic E-state index is 0.720. The molecule has 2 heterocycles. The van der Waals surface area contributed by atoms with Crippen molar-refractivity contribution in [2.75, 3.05) is 0 Å². The molecule has 0 saturated carbocycles. The van der Waals surface area contributed by atoms with Gasteiger partial charge in [-0.3, -0.25) is 0 Å². The largest absolute Gasteiger partial charge is 0.228 e. The van der Waals surface area contributed by atoms with Crippen LogP contribution in [0.2, 0.25) is 0 Å². The van der Waals surface area contributed by atoms with Gasteiger partial charge in [0.2, 0.25) is 0 Å². The fourth-order valence-corrected chi connectivity index (χ4v) is 8.68. The number of thiophene rings is 1. The van der Waals surface area contributed by atoms with Crippen LogP contribution in [0.5, 0.6) is 0 Å². The standard InChI is InChI=1S/C46H28N2S/c1-3-13-29(14-4-1)41-28-42(30-15-5-2-6-16-30)48-46(47-41)39-26-25-38-37-21-11-12-22-43(37)49-45(38)44(39)31-23-24-36-34-19-8-7-17-32(34)33-18-9-10-20-35(33)40(36)27-31/h1-28H. The summed E-state index contributed by atoms with van der Waals surface area (Å²) in [4.78, 5) is 10.6. The first-order valence-electron chi connectivity index (χ1n) is 16.6. The Balaban J connectivity index is 1.31. The normalized spacial score (nSPS) is 11.7. The molecule has 10 rings (SSSR count). The minimum Gasteiger partial charge on any atom is -0.228 e. The molecule has 0 amide bonds. The molecule has 0 bridgehead atoms. The lowest BCUT2D eigenvalue weighted by atomic mass is 9.90. The lowest BCUT2D eigenvalue weighted by molar-refractivity contribution is 1.18. The first kappa shape index (κ1) is 27.9. The van der Waals surface area contributed by atoms with E-state index >= 15 is 0 Å². The summed E-state index contributed by atoms with van der Waals surface area (Å²) in [7, 11) is 0. The van der Waals surface area contributed by atoms with Gasteiger partial charge in [0.15, 0.2) is 5.82 Å². The second kappa shape index (κ2) is 11.2. The van der Waals surface area contributed by atoms with E-state index in [-0.39, 0.29) is 0 Å². The van der Waals surface area contributed by atoms with Gasteiger partial charge in [-0.15, -0.1) is 11.3 Å². The molecule has 2 aromatic heterocycles. The zero-order valence-electron chi connectivity index (χ0n) is 26.5. The molecule has 8 aromatic carbocycles. The Morgan fingerprint density at radius 2 is 0.837 bits per heavy atom. The van der Waals surface area contributed by atoms with E-state index in [9.17, 15) is 0 Å². The van der Waals surface area contributed by atoms with Crippen LogP contribution in [-0.4, -0.2) is 9.97 Å². The van der Waals surface area contributed by atoms with Gasteiger partial charge >= 0.3 is 0 Å². The maximum absolute atomic E-state index is 5.29. The number of fused-ring (bicyclic) bond motifs is 9. The van der Waals surface area contributed by atoms with E-state index in [1.165, 1.54) is 58.1 Å². The smallest absolute Gasteiger partial charge is 0.161 e. The van der Waals surface area contributed by atoms with Crippen molar-refractivity contribution >= 4 is 63.8 Å². The number of aromatic nitrogens is 2. The van der Waals surface area contributed by atoms with Crippen LogP contribution in [0, 0.1) is 0 Å². The lowest BCUT2D eigenvalue weighted by Crippen LogP contribution is -1.97. The van der Waals surface area contributed by atoms with Gasteiger partial charge < -0.3 is 0 Å². The Labute approximate surface area is 287 Å². The van der Waals surface area contributed by atoms with Crippen LogP contribution in [-0.2, 0) is 0 Å². The van der Waals surface area contributed by atoms with Crippen molar-refractivity contribution in [3.05, 3.63) is 170 Å². The molecule has 10 aromatic rings. The van der Waals surface area contributed by atoms with Crippen LogP contribution in [0.15, 0.2) is 170 Å². The van der Waals surface area contributed by atoms with E-state index in [2.05, 4.69) is 158 Å². The average Bonchev–Trinajstić information content (AvgIpc) is 3.57. The SMILES string of the molecule is c1ccc(-c2cc(-c3ccccc3)nc(-c3ccc4c(sc5ccccc54)c3-c3ccc4c5ccccc5c5ccccc5c4c3)n2)cc1. The second-order valence-corrected chi connectivity index (χ2v) is 13.6. The van der Waals surface area contributed by atoms with Crippen molar-refractivity contribution in [3.8, 4) is 45.0 Å². The molecular weight excluding hydrogens is 613 g/mol. The zero-order chi connectivity index (χ0) is 32.3. The topological polar surface area (TPSA) is 25.8 Å². The third-order valence-electron chi connectivity index (χ3n) is 9.69. The third kappa shape index (κ3) is 4.55. The number of hydrogen-bond acceptors (Lipinski definition) is 3. The van der Waals surface area contributed by atoms with Gasteiger partial charge in [-0.25, -0.2) is 9.97 Å². The van der Waals surface area contributed by atoms with Crippen molar-refractivity contribution in [2.24, 2.45) is 0 Å². The highest BCUT2D eigenvalue weighted by atomic mass is 32.1. The Morgan fingerprint density at radius 1 is 0.347 bits per heavy atom. The van der Waals surface area contributed by atoms with Gasteiger partial charge in [-0.1, -0.05) is 146 Å². The Kier molecular flexibility index (Phi) is 6.39. The highest BCUT2D eigenvalue weighted by Gasteiger charge is 2.20. The summed E-state index contributed by atoms with van der Waals surface area (Å²) in [6.45, 7) is 0. The number of hydrogen-bond donors (Lipinski definition) is 0. The van der Waals surface area contributed by atoms with Crippen LogP contribution >= 0.6 is 11.3 Å². The van der Waals surface area contributed by atoms with E-state index in [1.807, 2.05) is 23.5 Å². The van der Waals surface area contributed by atoms with Crippen LogP contribution < -0.4 is 0 Å². The molecule has 0 N–H and O–H groups in total. The van der Waals surface area contributed by atoms with Gasteiger partial charge in [-0.05, 0) is 62.1 Å². The van der Waals surface area contributed by atoms with E-state index < -0.39 is 0 Å². The van der Waals surface area contributed by atoms with Crippen molar-refractivity contribution in [1.82, 2.24) is 9.97 Å². The molecule has 49 heavy (non-hydrogen) atoms. The van der Waals surface area contributed by atoms with Crippen LogP contribution in [0.4, 0.5) is 0 Å². The Bertz CT molecular complexity index is 2780. The molecule has 0 fully saturated rings. The molecule has 0 atom stereocenters. The molecule has 0 aliphatic heterocycles. The summed E-state index contributed by atoms with van der Waals surface area (Å²) in [5.74, 6) is 0.720. The van der Waals surface area contributed by atoms with Crippen molar-refractivity contribution in [1.29, 1.82) is 0 Å². The summed E-state index contributed by atoms with van der Waals surface area (Å²) in [6.07, 6.45) is 0. The quantitative estimate of drug-likeness (QED) is 0.179.